The van der Waals surface area contributed by atoms with Crippen LogP contribution in [0.25, 0.3) is 10.8 Å². The lowest BCUT2D eigenvalue weighted by Crippen LogP contribution is -2.53. The van der Waals surface area contributed by atoms with Crippen molar-refractivity contribution in [2.45, 2.75) is 95.9 Å². The van der Waals surface area contributed by atoms with Crippen molar-refractivity contribution in [3.05, 3.63) is 40.9 Å². The fourth-order valence-corrected chi connectivity index (χ4v) is 6.87. The Morgan fingerprint density at radius 2 is 1.76 bits per heavy atom. The first-order valence-corrected chi connectivity index (χ1v) is 13.2. The monoisotopic (exact) mass is 469 g/mol. The van der Waals surface area contributed by atoms with Crippen LogP contribution in [0.2, 0.25) is 5.02 Å². The average Bonchev–Trinajstić information content (AvgIpc) is 2.80. The lowest BCUT2D eigenvalue weighted by Gasteiger charge is -2.51. The van der Waals surface area contributed by atoms with Gasteiger partial charge in [0.05, 0.1) is 17.0 Å². The summed E-state index contributed by atoms with van der Waals surface area (Å²) in [4.78, 5) is 14.2. The Kier molecular flexibility index (Phi) is 6.59. The summed E-state index contributed by atoms with van der Waals surface area (Å²) in [7, 11) is 0. The molecule has 3 atom stereocenters. The minimum atomic E-state index is -0.625. The number of hydrogen-bond acceptors (Lipinski definition) is 3. The molecule has 2 aliphatic heterocycles. The number of rotatable bonds is 5. The van der Waals surface area contributed by atoms with E-state index in [2.05, 4.69) is 43.0 Å². The molecule has 33 heavy (non-hydrogen) atoms. The Morgan fingerprint density at radius 3 is 2.42 bits per heavy atom. The topological polar surface area (TPSA) is 49.8 Å². The van der Waals surface area contributed by atoms with Crippen molar-refractivity contribution in [3.8, 4) is 5.75 Å². The molecule has 2 bridgehead atoms. The molecule has 0 spiro atoms. The zero-order chi connectivity index (χ0) is 23.1. The number of hydrogen-bond donors (Lipinski definition) is 1. The number of nitrogens with zero attached hydrogens (tertiary/aromatic N) is 1. The van der Waals surface area contributed by atoms with Crippen LogP contribution in [0.3, 0.4) is 0 Å². The molecule has 4 nitrogen and oxygen atoms in total. The molecule has 2 aromatic rings. The van der Waals surface area contributed by atoms with Crippen molar-refractivity contribution < 1.29 is 14.6 Å². The fourth-order valence-electron chi connectivity index (χ4n) is 6.59. The molecule has 0 amide bonds. The summed E-state index contributed by atoms with van der Waals surface area (Å²) >= 11 is 6.80. The predicted molar refractivity (Wildman–Crippen MR) is 133 cm³/mol. The third-order valence-electron chi connectivity index (χ3n) is 8.51. The van der Waals surface area contributed by atoms with Crippen LogP contribution in [0.15, 0.2) is 30.3 Å². The van der Waals surface area contributed by atoms with Crippen molar-refractivity contribution >= 4 is 28.3 Å². The zero-order valence-corrected chi connectivity index (χ0v) is 20.6. The van der Waals surface area contributed by atoms with Crippen LogP contribution in [0, 0.1) is 11.8 Å². The van der Waals surface area contributed by atoms with E-state index >= 15 is 0 Å². The molecule has 1 N–H and O–H groups in total. The summed E-state index contributed by atoms with van der Waals surface area (Å²) in [5.74, 6) is 0.784. The Balaban J connectivity index is 1.35. The Morgan fingerprint density at radius 1 is 1.06 bits per heavy atom. The zero-order valence-electron chi connectivity index (χ0n) is 19.8. The quantitative estimate of drug-likeness (QED) is 0.501. The lowest BCUT2D eigenvalue weighted by atomic mass is 9.77. The molecule has 3 aliphatic rings. The fraction of sp³-hybridized carbons (Fsp3) is 0.607. The Hall–Kier alpha value is -1.78. The third kappa shape index (κ3) is 4.61. The molecular weight excluding hydrogens is 434 g/mol. The summed E-state index contributed by atoms with van der Waals surface area (Å²) < 4.78 is 6.31. The van der Waals surface area contributed by atoms with Gasteiger partial charge < -0.3 is 9.84 Å². The molecule has 1 saturated carbocycles. The summed E-state index contributed by atoms with van der Waals surface area (Å²) in [5, 5.41) is 12.5. The molecule has 0 radical (unpaired) electrons. The maximum Gasteiger partial charge on any atom is 0.306 e. The van der Waals surface area contributed by atoms with E-state index in [4.69, 9.17) is 16.3 Å². The van der Waals surface area contributed by atoms with Gasteiger partial charge in [0.25, 0.3) is 0 Å². The van der Waals surface area contributed by atoms with E-state index in [1.165, 1.54) is 24.8 Å². The maximum atomic E-state index is 11.6. The lowest BCUT2D eigenvalue weighted by molar-refractivity contribution is -0.147. The van der Waals surface area contributed by atoms with Gasteiger partial charge in [0, 0.05) is 23.5 Å². The molecule has 5 rings (SSSR count). The van der Waals surface area contributed by atoms with Gasteiger partial charge in [0.15, 0.2) is 0 Å². The highest BCUT2D eigenvalue weighted by Gasteiger charge is 2.42. The standard InChI is InChI=1S/C28H36ClNO3/c1-17-6-10-24(11-7-17)33-26-13-9-20-14-19(8-12-25(20)27(26)29)18(2)30-22-4-3-5-23(30)16-21(15-22)28(31)32/h8-9,12-14,17-18,21-24H,3-7,10-11,15-16H2,1-2H3,(H,31,32)/t17-,18?,21?,22?,23?,24+. The summed E-state index contributed by atoms with van der Waals surface area (Å²) in [6.07, 6.45) is 9.89. The second kappa shape index (κ2) is 9.46. The van der Waals surface area contributed by atoms with Crippen molar-refractivity contribution in [2.24, 2.45) is 11.8 Å². The number of halogens is 1. The summed E-state index contributed by atoms with van der Waals surface area (Å²) in [5.41, 5.74) is 1.28. The van der Waals surface area contributed by atoms with Gasteiger partial charge in [0.1, 0.15) is 5.75 Å². The van der Waals surface area contributed by atoms with Crippen LogP contribution in [-0.2, 0) is 4.79 Å². The van der Waals surface area contributed by atoms with Gasteiger partial charge in [-0.3, -0.25) is 9.69 Å². The van der Waals surface area contributed by atoms with Crippen molar-refractivity contribution in [3.63, 3.8) is 0 Å². The predicted octanol–water partition coefficient (Wildman–Crippen LogP) is 7.23. The van der Waals surface area contributed by atoms with E-state index in [9.17, 15) is 9.90 Å². The van der Waals surface area contributed by atoms with E-state index in [0.717, 1.165) is 61.0 Å². The SMILES string of the molecule is CC(c1ccc2c(Cl)c(O[C@H]3CC[C@@H](C)CC3)ccc2c1)N1C2CCCC1CC(C(=O)O)C2. The van der Waals surface area contributed by atoms with Gasteiger partial charge in [-0.25, -0.2) is 0 Å². The molecule has 5 heteroatoms. The van der Waals surface area contributed by atoms with Crippen LogP contribution in [0.4, 0.5) is 0 Å². The normalized spacial score (nSPS) is 31.3. The first-order chi connectivity index (χ1) is 15.9. The van der Waals surface area contributed by atoms with E-state index < -0.39 is 5.97 Å². The maximum absolute atomic E-state index is 11.6. The van der Waals surface area contributed by atoms with E-state index in [-0.39, 0.29) is 18.1 Å². The molecule has 178 valence electrons. The van der Waals surface area contributed by atoms with Crippen LogP contribution in [0.5, 0.6) is 5.75 Å². The van der Waals surface area contributed by atoms with Crippen LogP contribution >= 0.6 is 11.6 Å². The van der Waals surface area contributed by atoms with E-state index in [0.29, 0.717) is 17.1 Å². The van der Waals surface area contributed by atoms with Crippen LogP contribution < -0.4 is 4.74 Å². The van der Waals surface area contributed by atoms with E-state index in [1.54, 1.807) is 0 Å². The van der Waals surface area contributed by atoms with Gasteiger partial charge >= 0.3 is 5.97 Å². The number of carboxylic acid groups (broad SMARTS) is 1. The first-order valence-electron chi connectivity index (χ1n) is 12.8. The first kappa shape index (κ1) is 23.0. The van der Waals surface area contributed by atoms with Gasteiger partial charge in [-0.15, -0.1) is 0 Å². The minimum Gasteiger partial charge on any atom is -0.489 e. The molecule has 3 unspecified atom stereocenters. The third-order valence-corrected chi connectivity index (χ3v) is 8.90. The second-order valence-corrected chi connectivity index (χ2v) is 11.1. The number of carbonyl (C=O) groups is 1. The highest BCUT2D eigenvalue weighted by Crippen LogP contribution is 2.43. The number of fused-ring (bicyclic) bond motifs is 3. The molecule has 2 aromatic carbocycles. The molecule has 3 fully saturated rings. The molecule has 0 aromatic heterocycles. The van der Waals surface area contributed by atoms with Crippen molar-refractivity contribution in [1.29, 1.82) is 0 Å². The second-order valence-electron chi connectivity index (χ2n) is 10.7. The highest BCUT2D eigenvalue weighted by molar-refractivity contribution is 6.37. The largest absolute Gasteiger partial charge is 0.489 e. The molecular formula is C28H36ClNO3. The van der Waals surface area contributed by atoms with Crippen LogP contribution in [0.1, 0.15) is 83.2 Å². The minimum absolute atomic E-state index is 0.190. The number of aliphatic carboxylic acids is 1. The number of ether oxygens (including phenoxy) is 1. The van der Waals surface area contributed by atoms with E-state index in [1.807, 2.05) is 6.07 Å². The van der Waals surface area contributed by atoms with Crippen LogP contribution in [-0.4, -0.2) is 34.2 Å². The number of benzene rings is 2. The average molecular weight is 470 g/mol. The van der Waals surface area contributed by atoms with Gasteiger partial charge in [-0.2, -0.15) is 0 Å². The Bertz CT molecular complexity index is 1000. The molecule has 2 heterocycles. The van der Waals surface area contributed by atoms with Gasteiger partial charge in [0.2, 0.25) is 0 Å². The smallest absolute Gasteiger partial charge is 0.306 e. The number of piperidine rings is 2. The van der Waals surface area contributed by atoms with Gasteiger partial charge in [-0.05, 0) is 87.3 Å². The molecule has 1 aliphatic carbocycles. The summed E-state index contributed by atoms with van der Waals surface area (Å²) in [6, 6.07) is 11.8. The summed E-state index contributed by atoms with van der Waals surface area (Å²) in [6.45, 7) is 4.59. The van der Waals surface area contributed by atoms with Crippen molar-refractivity contribution in [2.75, 3.05) is 0 Å². The van der Waals surface area contributed by atoms with Gasteiger partial charge in [-0.1, -0.05) is 43.1 Å². The van der Waals surface area contributed by atoms with Crippen molar-refractivity contribution in [1.82, 2.24) is 4.90 Å². The molecule has 2 saturated heterocycles. The Labute approximate surface area is 202 Å². The highest BCUT2D eigenvalue weighted by atomic mass is 35.5. The number of carboxylic acids is 1.